The molecule has 0 saturated carbocycles. The zero-order valence-corrected chi connectivity index (χ0v) is 9.36. The Kier molecular flexibility index (Phi) is 2.60. The Morgan fingerprint density at radius 2 is 2.24 bits per heavy atom. The molecule has 0 aliphatic carbocycles. The Morgan fingerprint density at radius 1 is 1.35 bits per heavy atom. The molecule has 1 saturated heterocycles. The van der Waals surface area contributed by atoms with Crippen LogP contribution in [0.15, 0.2) is 18.2 Å². The molecule has 0 radical (unpaired) electrons. The van der Waals surface area contributed by atoms with Crippen molar-refractivity contribution in [1.29, 1.82) is 0 Å². The van der Waals surface area contributed by atoms with Crippen molar-refractivity contribution in [2.45, 2.75) is 18.9 Å². The first-order valence-corrected chi connectivity index (χ1v) is 5.77. The molecule has 5 nitrogen and oxygen atoms in total. The van der Waals surface area contributed by atoms with Crippen molar-refractivity contribution in [3.8, 4) is 11.5 Å². The average Bonchev–Trinajstić information content (AvgIpc) is 2.99. The van der Waals surface area contributed by atoms with Gasteiger partial charge in [-0.2, -0.15) is 0 Å². The van der Waals surface area contributed by atoms with Crippen LogP contribution in [0.5, 0.6) is 11.5 Å². The molecule has 2 aliphatic rings. The smallest absolute Gasteiger partial charge is 0.241 e. The van der Waals surface area contributed by atoms with Gasteiger partial charge in [-0.05, 0) is 31.5 Å². The molecule has 0 bridgehead atoms. The van der Waals surface area contributed by atoms with Gasteiger partial charge in [-0.25, -0.2) is 0 Å². The number of ether oxygens (including phenoxy) is 2. The van der Waals surface area contributed by atoms with Gasteiger partial charge in [0, 0.05) is 11.8 Å². The van der Waals surface area contributed by atoms with E-state index in [4.69, 9.17) is 9.47 Å². The number of carbonyl (C=O) groups excluding carboxylic acids is 1. The lowest BCUT2D eigenvalue weighted by Gasteiger charge is -2.11. The summed E-state index contributed by atoms with van der Waals surface area (Å²) in [4.78, 5) is 11.9. The van der Waals surface area contributed by atoms with Crippen molar-refractivity contribution in [2.24, 2.45) is 0 Å². The van der Waals surface area contributed by atoms with Crippen LogP contribution in [0.1, 0.15) is 12.8 Å². The second kappa shape index (κ2) is 4.25. The van der Waals surface area contributed by atoms with Gasteiger partial charge in [0.15, 0.2) is 11.5 Å². The minimum absolute atomic E-state index is 0.0152. The molecule has 0 unspecified atom stereocenters. The van der Waals surface area contributed by atoms with Crippen LogP contribution in [0.25, 0.3) is 0 Å². The number of fused-ring (bicyclic) bond motifs is 1. The summed E-state index contributed by atoms with van der Waals surface area (Å²) in [5.41, 5.74) is 0.743. The summed E-state index contributed by atoms with van der Waals surface area (Å²) in [6.07, 6.45) is 1.95. The highest BCUT2D eigenvalue weighted by molar-refractivity contribution is 5.95. The summed E-state index contributed by atoms with van der Waals surface area (Å²) >= 11 is 0. The summed E-state index contributed by atoms with van der Waals surface area (Å²) in [5, 5.41) is 6.04. The number of rotatable bonds is 2. The molecule has 17 heavy (non-hydrogen) atoms. The van der Waals surface area contributed by atoms with E-state index in [1.54, 1.807) is 12.1 Å². The molecule has 5 heteroatoms. The number of amides is 1. The van der Waals surface area contributed by atoms with Crippen LogP contribution in [0.4, 0.5) is 5.69 Å². The van der Waals surface area contributed by atoms with E-state index >= 15 is 0 Å². The molecule has 1 fully saturated rings. The van der Waals surface area contributed by atoms with Crippen molar-refractivity contribution < 1.29 is 14.3 Å². The van der Waals surface area contributed by atoms with Crippen LogP contribution >= 0.6 is 0 Å². The first-order valence-electron chi connectivity index (χ1n) is 5.77. The van der Waals surface area contributed by atoms with Crippen molar-refractivity contribution >= 4 is 11.6 Å². The molecule has 2 N–H and O–H groups in total. The summed E-state index contributed by atoms with van der Waals surface area (Å²) < 4.78 is 10.5. The third-order valence-electron chi connectivity index (χ3n) is 3.02. The van der Waals surface area contributed by atoms with Gasteiger partial charge in [0.1, 0.15) is 0 Å². The number of hydrogen-bond acceptors (Lipinski definition) is 4. The molecule has 1 aromatic carbocycles. The van der Waals surface area contributed by atoms with Gasteiger partial charge in [0.25, 0.3) is 0 Å². The maximum atomic E-state index is 11.9. The Bertz CT molecular complexity index is 441. The third kappa shape index (κ3) is 2.06. The topological polar surface area (TPSA) is 59.6 Å². The summed E-state index contributed by atoms with van der Waals surface area (Å²) in [5.74, 6) is 1.42. The summed E-state index contributed by atoms with van der Waals surface area (Å²) in [6.45, 7) is 1.16. The minimum Gasteiger partial charge on any atom is -0.454 e. The molecule has 0 aromatic heterocycles. The van der Waals surface area contributed by atoms with Gasteiger partial charge in [-0.15, -0.1) is 0 Å². The molecule has 1 amide bonds. The highest BCUT2D eigenvalue weighted by Crippen LogP contribution is 2.34. The van der Waals surface area contributed by atoms with E-state index in [1.807, 2.05) is 6.07 Å². The SMILES string of the molecule is O=C(Nc1ccc2c(c1)OCO2)[C@@H]1CCCN1. The molecule has 1 atom stereocenters. The number of nitrogens with one attached hydrogen (secondary N) is 2. The molecular weight excluding hydrogens is 220 g/mol. The second-order valence-electron chi connectivity index (χ2n) is 4.21. The van der Waals surface area contributed by atoms with Crippen LogP contribution in [0, 0.1) is 0 Å². The van der Waals surface area contributed by atoms with Crippen LogP contribution in [-0.4, -0.2) is 25.3 Å². The van der Waals surface area contributed by atoms with Crippen LogP contribution in [-0.2, 0) is 4.79 Å². The van der Waals surface area contributed by atoms with E-state index in [1.165, 1.54) is 0 Å². The fourth-order valence-electron chi connectivity index (χ4n) is 2.11. The first-order chi connectivity index (χ1) is 8.33. The molecular formula is C12H14N2O3. The predicted octanol–water partition coefficient (Wildman–Crippen LogP) is 1.11. The Hall–Kier alpha value is -1.75. The zero-order valence-electron chi connectivity index (χ0n) is 9.36. The predicted molar refractivity (Wildman–Crippen MR) is 62.2 cm³/mol. The molecule has 90 valence electrons. The van der Waals surface area contributed by atoms with Gasteiger partial charge in [0.2, 0.25) is 12.7 Å². The second-order valence-corrected chi connectivity index (χ2v) is 4.21. The summed E-state index contributed by atoms with van der Waals surface area (Å²) in [6, 6.07) is 5.34. The van der Waals surface area contributed by atoms with E-state index in [0.29, 0.717) is 5.75 Å². The van der Waals surface area contributed by atoms with Gasteiger partial charge >= 0.3 is 0 Å². The standard InChI is InChI=1S/C12H14N2O3/c15-12(9-2-1-5-13-9)14-8-3-4-10-11(6-8)17-7-16-10/h3-4,6,9,13H,1-2,5,7H2,(H,14,15)/t9-/m0/s1. The highest BCUT2D eigenvalue weighted by atomic mass is 16.7. The van der Waals surface area contributed by atoms with E-state index in [0.717, 1.165) is 30.8 Å². The van der Waals surface area contributed by atoms with Crippen LogP contribution in [0.2, 0.25) is 0 Å². The van der Waals surface area contributed by atoms with Crippen LogP contribution < -0.4 is 20.1 Å². The maximum absolute atomic E-state index is 11.9. The fourth-order valence-corrected chi connectivity index (χ4v) is 2.11. The lowest BCUT2D eigenvalue weighted by Crippen LogP contribution is -2.35. The van der Waals surface area contributed by atoms with E-state index in [-0.39, 0.29) is 18.7 Å². The van der Waals surface area contributed by atoms with Crippen molar-refractivity contribution in [2.75, 3.05) is 18.7 Å². The number of hydrogen-bond donors (Lipinski definition) is 2. The zero-order chi connectivity index (χ0) is 11.7. The van der Waals surface area contributed by atoms with E-state index in [2.05, 4.69) is 10.6 Å². The average molecular weight is 234 g/mol. The molecule has 3 rings (SSSR count). The maximum Gasteiger partial charge on any atom is 0.241 e. The quantitative estimate of drug-likeness (QED) is 0.804. The lowest BCUT2D eigenvalue weighted by atomic mass is 10.2. The molecule has 1 aromatic rings. The summed E-state index contributed by atoms with van der Waals surface area (Å²) in [7, 11) is 0. The van der Waals surface area contributed by atoms with Crippen LogP contribution in [0.3, 0.4) is 0 Å². The van der Waals surface area contributed by atoms with Gasteiger partial charge in [-0.3, -0.25) is 4.79 Å². The normalized spacial score (nSPS) is 21.5. The molecule has 2 aliphatic heterocycles. The van der Waals surface area contributed by atoms with Crippen molar-refractivity contribution in [3.05, 3.63) is 18.2 Å². The van der Waals surface area contributed by atoms with Crippen molar-refractivity contribution in [1.82, 2.24) is 5.32 Å². The Balaban J connectivity index is 1.70. The highest BCUT2D eigenvalue weighted by Gasteiger charge is 2.22. The number of anilines is 1. The minimum atomic E-state index is -0.0691. The first kappa shape index (κ1) is 10.4. The third-order valence-corrected chi connectivity index (χ3v) is 3.02. The van der Waals surface area contributed by atoms with Gasteiger partial charge in [-0.1, -0.05) is 0 Å². The monoisotopic (exact) mass is 234 g/mol. The van der Waals surface area contributed by atoms with Gasteiger partial charge < -0.3 is 20.1 Å². The molecule has 2 heterocycles. The Morgan fingerprint density at radius 3 is 3.06 bits per heavy atom. The van der Waals surface area contributed by atoms with Gasteiger partial charge in [0.05, 0.1) is 6.04 Å². The number of carbonyl (C=O) groups is 1. The molecule has 0 spiro atoms. The Labute approximate surface area is 99.1 Å². The van der Waals surface area contributed by atoms with E-state index in [9.17, 15) is 4.79 Å². The number of benzene rings is 1. The largest absolute Gasteiger partial charge is 0.454 e. The van der Waals surface area contributed by atoms with E-state index < -0.39 is 0 Å². The van der Waals surface area contributed by atoms with Crippen molar-refractivity contribution in [3.63, 3.8) is 0 Å². The fraction of sp³-hybridized carbons (Fsp3) is 0.417. The lowest BCUT2D eigenvalue weighted by molar-refractivity contribution is -0.117.